The third-order valence-electron chi connectivity index (χ3n) is 2.51. The zero-order valence-electron chi connectivity index (χ0n) is 12.6. The standard InChI is InChI=1S/C13H22N4O2S2/c1-14-13(8-17(18)19)15-4-5-20-9-11-6-12(21-10-11)7-16(2)3/h6,8,10,14-15H,4-5,7,9H2,1-3H3. The molecule has 0 radical (unpaired) electrons. The molecule has 1 rings (SSSR count). The Morgan fingerprint density at radius 3 is 2.95 bits per heavy atom. The third-order valence-corrected chi connectivity index (χ3v) is 4.52. The molecule has 0 saturated carbocycles. The lowest BCUT2D eigenvalue weighted by Gasteiger charge is -2.07. The lowest BCUT2D eigenvalue weighted by molar-refractivity contribution is -0.404. The van der Waals surface area contributed by atoms with Gasteiger partial charge in [0.1, 0.15) is 0 Å². The lowest BCUT2D eigenvalue weighted by Crippen LogP contribution is -2.26. The largest absolute Gasteiger partial charge is 0.370 e. The van der Waals surface area contributed by atoms with Crippen molar-refractivity contribution < 1.29 is 4.92 Å². The molecule has 6 nitrogen and oxygen atoms in total. The van der Waals surface area contributed by atoms with Crippen LogP contribution in [-0.2, 0) is 12.3 Å². The van der Waals surface area contributed by atoms with E-state index in [-0.39, 0.29) is 0 Å². The van der Waals surface area contributed by atoms with Gasteiger partial charge in [-0.15, -0.1) is 11.3 Å². The van der Waals surface area contributed by atoms with Crippen molar-refractivity contribution in [2.45, 2.75) is 12.3 Å². The molecule has 0 aromatic carbocycles. The van der Waals surface area contributed by atoms with Gasteiger partial charge in [-0.3, -0.25) is 10.1 Å². The maximum Gasteiger partial charge on any atom is 0.274 e. The van der Waals surface area contributed by atoms with Crippen molar-refractivity contribution in [3.05, 3.63) is 44.0 Å². The Bertz CT molecular complexity index is 474. The highest BCUT2D eigenvalue weighted by atomic mass is 32.2. The van der Waals surface area contributed by atoms with Crippen LogP contribution in [0.25, 0.3) is 0 Å². The summed E-state index contributed by atoms with van der Waals surface area (Å²) >= 11 is 3.61. The molecular weight excluding hydrogens is 308 g/mol. The quantitative estimate of drug-likeness (QED) is 0.388. The monoisotopic (exact) mass is 330 g/mol. The van der Waals surface area contributed by atoms with Crippen molar-refractivity contribution in [3.63, 3.8) is 0 Å². The van der Waals surface area contributed by atoms with Crippen LogP contribution in [0.5, 0.6) is 0 Å². The van der Waals surface area contributed by atoms with Crippen LogP contribution < -0.4 is 10.6 Å². The summed E-state index contributed by atoms with van der Waals surface area (Å²) < 4.78 is 0. The van der Waals surface area contributed by atoms with E-state index < -0.39 is 4.92 Å². The van der Waals surface area contributed by atoms with E-state index in [2.05, 4.69) is 41.1 Å². The summed E-state index contributed by atoms with van der Waals surface area (Å²) in [6.45, 7) is 1.67. The second-order valence-electron chi connectivity index (χ2n) is 4.72. The number of rotatable bonds is 10. The highest BCUT2D eigenvalue weighted by Gasteiger charge is 2.02. The van der Waals surface area contributed by atoms with Crippen LogP contribution in [0.2, 0.25) is 0 Å². The number of thioether (sulfide) groups is 1. The molecule has 0 spiro atoms. The molecular formula is C13H22N4O2S2. The second-order valence-corrected chi connectivity index (χ2v) is 6.82. The zero-order chi connectivity index (χ0) is 15.7. The first-order valence-electron chi connectivity index (χ1n) is 6.57. The Morgan fingerprint density at radius 2 is 2.33 bits per heavy atom. The number of hydrogen-bond acceptors (Lipinski definition) is 7. The van der Waals surface area contributed by atoms with E-state index in [1.54, 1.807) is 18.4 Å². The van der Waals surface area contributed by atoms with E-state index in [4.69, 9.17) is 0 Å². The van der Waals surface area contributed by atoms with Crippen LogP contribution in [-0.4, -0.2) is 43.3 Å². The summed E-state index contributed by atoms with van der Waals surface area (Å²) in [4.78, 5) is 13.4. The van der Waals surface area contributed by atoms with Gasteiger partial charge >= 0.3 is 0 Å². The molecule has 0 saturated heterocycles. The van der Waals surface area contributed by atoms with Crippen molar-refractivity contribution in [2.75, 3.05) is 33.4 Å². The van der Waals surface area contributed by atoms with E-state index in [1.807, 2.05) is 11.8 Å². The van der Waals surface area contributed by atoms with Crippen LogP contribution in [0.4, 0.5) is 0 Å². The number of nitrogens with zero attached hydrogens (tertiary/aromatic N) is 2. The smallest absolute Gasteiger partial charge is 0.274 e. The van der Waals surface area contributed by atoms with E-state index in [0.717, 1.165) is 24.3 Å². The highest BCUT2D eigenvalue weighted by molar-refractivity contribution is 7.98. The molecule has 1 heterocycles. The summed E-state index contributed by atoms with van der Waals surface area (Å²) in [6.07, 6.45) is 0.942. The topological polar surface area (TPSA) is 70.4 Å². The zero-order valence-corrected chi connectivity index (χ0v) is 14.2. The van der Waals surface area contributed by atoms with Crippen LogP contribution >= 0.6 is 23.1 Å². The van der Waals surface area contributed by atoms with Gasteiger partial charge in [-0.05, 0) is 31.1 Å². The molecule has 21 heavy (non-hydrogen) atoms. The average molecular weight is 330 g/mol. The van der Waals surface area contributed by atoms with Crippen molar-refractivity contribution >= 4 is 23.1 Å². The first-order valence-corrected chi connectivity index (χ1v) is 8.60. The molecule has 8 heteroatoms. The van der Waals surface area contributed by atoms with Gasteiger partial charge in [0, 0.05) is 36.5 Å². The molecule has 2 N–H and O–H groups in total. The van der Waals surface area contributed by atoms with E-state index >= 15 is 0 Å². The summed E-state index contributed by atoms with van der Waals surface area (Å²) in [5, 5.41) is 18.3. The number of nitrogens with one attached hydrogen (secondary N) is 2. The number of hydrogen-bond donors (Lipinski definition) is 2. The molecule has 0 amide bonds. The Balaban J connectivity index is 2.22. The molecule has 0 bridgehead atoms. The summed E-state index contributed by atoms with van der Waals surface area (Å²) in [5.41, 5.74) is 1.34. The highest BCUT2D eigenvalue weighted by Crippen LogP contribution is 2.20. The van der Waals surface area contributed by atoms with Crippen LogP contribution in [0.1, 0.15) is 10.4 Å². The van der Waals surface area contributed by atoms with Gasteiger partial charge in [-0.2, -0.15) is 11.8 Å². The van der Waals surface area contributed by atoms with E-state index in [0.29, 0.717) is 12.4 Å². The van der Waals surface area contributed by atoms with Gasteiger partial charge in [0.15, 0.2) is 5.82 Å². The molecule has 0 fully saturated rings. The van der Waals surface area contributed by atoms with Crippen LogP contribution in [0, 0.1) is 10.1 Å². The third kappa shape index (κ3) is 7.93. The van der Waals surface area contributed by atoms with Crippen molar-refractivity contribution in [1.29, 1.82) is 0 Å². The van der Waals surface area contributed by atoms with Gasteiger partial charge in [-0.25, -0.2) is 0 Å². The molecule has 0 aliphatic carbocycles. The fraction of sp³-hybridized carbons (Fsp3) is 0.538. The molecule has 0 unspecified atom stereocenters. The van der Waals surface area contributed by atoms with Crippen molar-refractivity contribution in [3.8, 4) is 0 Å². The summed E-state index contributed by atoms with van der Waals surface area (Å²) in [5.74, 6) is 2.30. The van der Waals surface area contributed by atoms with Gasteiger partial charge in [0.2, 0.25) is 0 Å². The van der Waals surface area contributed by atoms with Gasteiger partial charge in [0.05, 0.1) is 4.92 Å². The molecule has 0 aliphatic heterocycles. The predicted octanol–water partition coefficient (Wildman–Crippen LogP) is 1.93. The molecule has 1 aromatic heterocycles. The Kier molecular flexibility index (Phi) is 8.17. The molecule has 118 valence electrons. The first-order chi connectivity index (χ1) is 10.0. The lowest BCUT2D eigenvalue weighted by atomic mass is 10.3. The summed E-state index contributed by atoms with van der Waals surface area (Å²) in [6, 6.07) is 2.25. The van der Waals surface area contributed by atoms with Gasteiger partial charge in [-0.1, -0.05) is 0 Å². The summed E-state index contributed by atoms with van der Waals surface area (Å²) in [7, 11) is 5.79. The predicted molar refractivity (Wildman–Crippen MR) is 90.0 cm³/mol. The second kappa shape index (κ2) is 9.64. The average Bonchev–Trinajstić information content (AvgIpc) is 2.83. The fourth-order valence-electron chi connectivity index (χ4n) is 1.65. The fourth-order valence-corrected chi connectivity index (χ4v) is 3.55. The van der Waals surface area contributed by atoms with Crippen molar-refractivity contribution in [2.24, 2.45) is 0 Å². The maximum atomic E-state index is 10.4. The van der Waals surface area contributed by atoms with Gasteiger partial charge < -0.3 is 15.5 Å². The van der Waals surface area contributed by atoms with E-state index in [1.165, 1.54) is 10.4 Å². The minimum Gasteiger partial charge on any atom is -0.370 e. The first kappa shape index (κ1) is 17.8. The molecule has 1 aromatic rings. The Morgan fingerprint density at radius 1 is 1.57 bits per heavy atom. The van der Waals surface area contributed by atoms with Crippen molar-refractivity contribution in [1.82, 2.24) is 15.5 Å². The molecule has 0 aliphatic rings. The maximum absolute atomic E-state index is 10.4. The Labute approximate surface area is 133 Å². The van der Waals surface area contributed by atoms with Gasteiger partial charge in [0.25, 0.3) is 6.20 Å². The van der Waals surface area contributed by atoms with E-state index in [9.17, 15) is 10.1 Å². The minimum absolute atomic E-state index is 0.435. The number of thiophene rings is 1. The Hall–Kier alpha value is -1.25. The van der Waals surface area contributed by atoms with Crippen LogP contribution in [0.15, 0.2) is 23.5 Å². The number of nitro groups is 1. The molecule has 0 atom stereocenters. The van der Waals surface area contributed by atoms with Crippen LogP contribution in [0.3, 0.4) is 0 Å². The normalized spacial score (nSPS) is 11.7. The minimum atomic E-state index is -0.469. The SMILES string of the molecule is CNC(=C[N+](=O)[O-])NCCSCc1csc(CN(C)C)c1.